The maximum absolute atomic E-state index is 11.8. The second-order valence-electron chi connectivity index (χ2n) is 4.27. The van der Waals surface area contributed by atoms with Crippen molar-refractivity contribution in [3.8, 4) is 0 Å². The van der Waals surface area contributed by atoms with Crippen LogP contribution in [0.3, 0.4) is 0 Å². The van der Waals surface area contributed by atoms with E-state index in [1.807, 2.05) is 30.3 Å². The maximum Gasteiger partial charge on any atom is 0.313 e. The number of carbonyl (C=O) groups is 2. The van der Waals surface area contributed by atoms with E-state index >= 15 is 0 Å². The molecule has 21 heavy (non-hydrogen) atoms. The first-order valence-electron chi connectivity index (χ1n) is 6.14. The number of benzene rings is 2. The normalized spacial score (nSPS) is 10.0. The molecule has 6 heteroatoms. The van der Waals surface area contributed by atoms with Crippen LogP contribution in [-0.2, 0) is 16.1 Å². The molecule has 0 saturated heterocycles. The lowest BCUT2D eigenvalue weighted by molar-refractivity contribution is -0.136. The molecule has 0 saturated carbocycles. The van der Waals surface area contributed by atoms with Gasteiger partial charge in [0, 0.05) is 21.2 Å². The van der Waals surface area contributed by atoms with Gasteiger partial charge in [-0.15, -0.1) is 0 Å². The third kappa shape index (κ3) is 4.99. The largest absolute Gasteiger partial charge is 0.344 e. The fourth-order valence-corrected chi connectivity index (χ4v) is 2.28. The van der Waals surface area contributed by atoms with E-state index in [0.29, 0.717) is 12.2 Å². The highest BCUT2D eigenvalue weighted by Gasteiger charge is 2.13. The number of halogens is 2. The quantitative estimate of drug-likeness (QED) is 0.759. The number of nitrogens with one attached hydrogen (secondary N) is 2. The first-order valence-corrected chi connectivity index (χ1v) is 7.72. The fraction of sp³-hybridized carbons (Fsp3) is 0.0667. The highest BCUT2D eigenvalue weighted by Crippen LogP contribution is 2.15. The Morgan fingerprint density at radius 2 is 1.62 bits per heavy atom. The Morgan fingerprint density at radius 3 is 2.29 bits per heavy atom. The van der Waals surface area contributed by atoms with E-state index in [4.69, 9.17) is 0 Å². The fourth-order valence-electron chi connectivity index (χ4n) is 1.62. The van der Waals surface area contributed by atoms with E-state index in [1.54, 1.807) is 18.2 Å². The molecule has 0 bridgehead atoms. The molecule has 0 spiro atoms. The molecule has 2 amide bonds. The number of anilines is 1. The minimum Gasteiger partial charge on any atom is -0.344 e. The molecule has 0 fully saturated rings. The van der Waals surface area contributed by atoms with Crippen molar-refractivity contribution in [3.63, 3.8) is 0 Å². The van der Waals surface area contributed by atoms with Gasteiger partial charge in [0.25, 0.3) is 0 Å². The van der Waals surface area contributed by atoms with E-state index in [9.17, 15) is 9.59 Å². The van der Waals surface area contributed by atoms with E-state index in [1.165, 1.54) is 0 Å². The van der Waals surface area contributed by atoms with Gasteiger partial charge in [-0.2, -0.15) is 0 Å². The summed E-state index contributed by atoms with van der Waals surface area (Å²) in [4.78, 5) is 23.5. The monoisotopic (exact) mass is 410 g/mol. The zero-order valence-electron chi connectivity index (χ0n) is 10.9. The van der Waals surface area contributed by atoms with Crippen LogP contribution in [-0.4, -0.2) is 11.8 Å². The van der Waals surface area contributed by atoms with Gasteiger partial charge in [-0.05, 0) is 35.9 Å². The summed E-state index contributed by atoms with van der Waals surface area (Å²) in [5.74, 6) is -1.36. The van der Waals surface area contributed by atoms with Crippen molar-refractivity contribution in [2.24, 2.45) is 0 Å². The number of hydrogen-bond donors (Lipinski definition) is 2. The second-order valence-corrected chi connectivity index (χ2v) is 6.10. The van der Waals surface area contributed by atoms with Crippen molar-refractivity contribution in [2.75, 3.05) is 5.32 Å². The molecular formula is C15H12Br2N2O2. The summed E-state index contributed by atoms with van der Waals surface area (Å²) in [5.41, 5.74) is 1.48. The molecule has 0 atom stereocenters. The smallest absolute Gasteiger partial charge is 0.313 e. The van der Waals surface area contributed by atoms with Crippen molar-refractivity contribution >= 4 is 49.4 Å². The Kier molecular flexibility index (Phi) is 5.52. The molecule has 0 aliphatic carbocycles. The maximum atomic E-state index is 11.8. The summed E-state index contributed by atoms with van der Waals surface area (Å²) >= 11 is 6.64. The summed E-state index contributed by atoms with van der Waals surface area (Å²) in [7, 11) is 0. The van der Waals surface area contributed by atoms with Gasteiger partial charge < -0.3 is 10.6 Å². The summed E-state index contributed by atoms with van der Waals surface area (Å²) < 4.78 is 1.79. The zero-order chi connectivity index (χ0) is 15.2. The van der Waals surface area contributed by atoms with E-state index in [0.717, 1.165) is 14.5 Å². The topological polar surface area (TPSA) is 58.2 Å². The highest BCUT2D eigenvalue weighted by molar-refractivity contribution is 9.10. The molecule has 0 radical (unpaired) electrons. The van der Waals surface area contributed by atoms with Gasteiger partial charge >= 0.3 is 11.8 Å². The van der Waals surface area contributed by atoms with Crippen LogP contribution in [0.25, 0.3) is 0 Å². The Bertz CT molecular complexity index is 657. The van der Waals surface area contributed by atoms with Crippen LogP contribution in [0.1, 0.15) is 5.56 Å². The van der Waals surface area contributed by atoms with Crippen LogP contribution in [0.15, 0.2) is 57.5 Å². The molecule has 2 N–H and O–H groups in total. The van der Waals surface area contributed by atoms with E-state index in [2.05, 4.69) is 42.5 Å². The average molecular weight is 412 g/mol. The zero-order valence-corrected chi connectivity index (χ0v) is 14.1. The first-order chi connectivity index (χ1) is 10.0. The molecule has 2 aromatic rings. The second kappa shape index (κ2) is 7.38. The molecule has 0 aliphatic heterocycles. The van der Waals surface area contributed by atoms with Gasteiger partial charge in [-0.25, -0.2) is 0 Å². The van der Waals surface area contributed by atoms with Gasteiger partial charge in [0.2, 0.25) is 0 Å². The van der Waals surface area contributed by atoms with E-state index < -0.39 is 11.8 Å². The summed E-state index contributed by atoms with van der Waals surface area (Å²) in [6, 6.07) is 14.5. The van der Waals surface area contributed by atoms with Crippen molar-refractivity contribution < 1.29 is 9.59 Å². The lowest BCUT2D eigenvalue weighted by Crippen LogP contribution is -2.34. The van der Waals surface area contributed by atoms with Crippen LogP contribution >= 0.6 is 31.9 Å². The van der Waals surface area contributed by atoms with Crippen molar-refractivity contribution in [1.82, 2.24) is 5.32 Å². The molecule has 0 aromatic heterocycles. The Labute approximate surface area is 139 Å². The Morgan fingerprint density at radius 1 is 0.905 bits per heavy atom. The minimum atomic E-state index is -0.690. The number of rotatable bonds is 3. The molecular weight excluding hydrogens is 400 g/mol. The molecule has 0 heterocycles. The summed E-state index contributed by atoms with van der Waals surface area (Å²) in [6.07, 6.45) is 0. The lowest BCUT2D eigenvalue weighted by Gasteiger charge is -2.07. The molecule has 0 aliphatic rings. The number of amides is 2. The first kappa shape index (κ1) is 15.7. The van der Waals surface area contributed by atoms with Crippen LogP contribution < -0.4 is 10.6 Å². The van der Waals surface area contributed by atoms with E-state index in [-0.39, 0.29) is 0 Å². The lowest BCUT2D eigenvalue weighted by atomic mass is 10.2. The summed E-state index contributed by atoms with van der Waals surface area (Å²) in [5, 5.41) is 5.11. The van der Waals surface area contributed by atoms with Gasteiger partial charge in [0.15, 0.2) is 0 Å². The highest BCUT2D eigenvalue weighted by atomic mass is 79.9. The van der Waals surface area contributed by atoms with Crippen LogP contribution in [0, 0.1) is 0 Å². The SMILES string of the molecule is O=C(NCc1ccc(Br)cc1)C(=O)Nc1cccc(Br)c1. The molecule has 0 unspecified atom stereocenters. The molecule has 2 aromatic carbocycles. The molecule has 4 nitrogen and oxygen atoms in total. The predicted octanol–water partition coefficient (Wildman–Crippen LogP) is 3.47. The average Bonchev–Trinajstić information content (AvgIpc) is 2.46. The standard InChI is InChI=1S/C15H12Br2N2O2/c16-11-6-4-10(5-7-11)9-18-14(20)15(21)19-13-3-1-2-12(17)8-13/h1-8H,9H2,(H,18,20)(H,19,21). The Hall–Kier alpha value is -1.66. The molecule has 2 rings (SSSR count). The Balaban J connectivity index is 1.88. The van der Waals surface area contributed by atoms with Gasteiger partial charge in [-0.3, -0.25) is 9.59 Å². The minimum absolute atomic E-state index is 0.304. The van der Waals surface area contributed by atoms with Crippen molar-refractivity contribution in [1.29, 1.82) is 0 Å². The summed E-state index contributed by atoms with van der Waals surface area (Å²) in [6.45, 7) is 0.304. The predicted molar refractivity (Wildman–Crippen MR) is 88.8 cm³/mol. The van der Waals surface area contributed by atoms with Crippen molar-refractivity contribution in [3.05, 3.63) is 63.0 Å². The van der Waals surface area contributed by atoms with Gasteiger partial charge in [-0.1, -0.05) is 50.1 Å². The van der Waals surface area contributed by atoms with Crippen LogP contribution in [0.4, 0.5) is 5.69 Å². The number of hydrogen-bond acceptors (Lipinski definition) is 2. The van der Waals surface area contributed by atoms with Gasteiger partial charge in [0.05, 0.1) is 0 Å². The van der Waals surface area contributed by atoms with Crippen LogP contribution in [0.2, 0.25) is 0 Å². The van der Waals surface area contributed by atoms with Gasteiger partial charge in [0.1, 0.15) is 0 Å². The third-order valence-electron chi connectivity index (χ3n) is 2.66. The third-order valence-corrected chi connectivity index (χ3v) is 3.68. The van der Waals surface area contributed by atoms with Crippen molar-refractivity contribution in [2.45, 2.75) is 6.54 Å². The molecule has 108 valence electrons. The van der Waals surface area contributed by atoms with Crippen LogP contribution in [0.5, 0.6) is 0 Å². The number of carbonyl (C=O) groups excluding carboxylic acids is 2.